The molecule has 3 aromatic heterocycles. The molecule has 9 nitrogen and oxygen atoms in total. The highest BCUT2D eigenvalue weighted by atomic mass is 16.3. The molecular formula is C27H28N6O3. The molecule has 36 heavy (non-hydrogen) atoms. The van der Waals surface area contributed by atoms with Crippen molar-refractivity contribution in [1.82, 2.24) is 29.8 Å². The summed E-state index contributed by atoms with van der Waals surface area (Å²) in [5, 5.41) is 8.57. The van der Waals surface area contributed by atoms with Gasteiger partial charge in [-0.15, -0.1) is 5.10 Å². The monoisotopic (exact) mass is 484 g/mol. The van der Waals surface area contributed by atoms with E-state index in [1.54, 1.807) is 37.2 Å². The summed E-state index contributed by atoms with van der Waals surface area (Å²) in [6, 6.07) is 9.85. The van der Waals surface area contributed by atoms with Gasteiger partial charge < -0.3 is 14.2 Å². The fourth-order valence-corrected chi connectivity index (χ4v) is 4.39. The fourth-order valence-electron chi connectivity index (χ4n) is 4.39. The Hall–Kier alpha value is -4.27. The Morgan fingerprint density at radius 2 is 2.00 bits per heavy atom. The smallest absolute Gasteiger partial charge is 0.289 e. The van der Waals surface area contributed by atoms with Crippen molar-refractivity contribution in [1.29, 1.82) is 0 Å². The maximum Gasteiger partial charge on any atom is 0.289 e. The van der Waals surface area contributed by atoms with Gasteiger partial charge in [-0.25, -0.2) is 0 Å². The molecule has 0 aliphatic carbocycles. The average molecular weight is 485 g/mol. The predicted octanol–water partition coefficient (Wildman–Crippen LogP) is 3.80. The normalized spacial score (nSPS) is 13.6. The van der Waals surface area contributed by atoms with Gasteiger partial charge in [0.15, 0.2) is 5.76 Å². The molecule has 1 aliphatic rings. The second kappa shape index (κ2) is 9.77. The average Bonchev–Trinajstić information content (AvgIpc) is 3.57. The first-order valence-electron chi connectivity index (χ1n) is 11.9. The van der Waals surface area contributed by atoms with Gasteiger partial charge in [-0.3, -0.25) is 19.3 Å². The Bertz CT molecular complexity index is 1430. The van der Waals surface area contributed by atoms with Crippen molar-refractivity contribution in [2.45, 2.75) is 26.3 Å². The van der Waals surface area contributed by atoms with Crippen molar-refractivity contribution in [3.8, 4) is 11.1 Å². The SMILES string of the molecule is Cc1ccc(-c2cc(C3=CCCN(C(=O)CCn4ccnn4)C3)cc3cc(C(=O)N(C)C)oc23)cn1. The van der Waals surface area contributed by atoms with Gasteiger partial charge in [-0.1, -0.05) is 17.4 Å². The zero-order valence-corrected chi connectivity index (χ0v) is 20.6. The van der Waals surface area contributed by atoms with E-state index in [9.17, 15) is 9.59 Å². The summed E-state index contributed by atoms with van der Waals surface area (Å²) in [4.78, 5) is 33.4. The van der Waals surface area contributed by atoms with Gasteiger partial charge in [0.2, 0.25) is 5.91 Å². The van der Waals surface area contributed by atoms with E-state index in [4.69, 9.17) is 4.42 Å². The van der Waals surface area contributed by atoms with Gasteiger partial charge in [0.1, 0.15) is 5.58 Å². The number of carbonyl (C=O) groups is 2. The Morgan fingerprint density at radius 1 is 1.14 bits per heavy atom. The second-order valence-corrected chi connectivity index (χ2v) is 9.19. The summed E-state index contributed by atoms with van der Waals surface area (Å²) in [5.74, 6) is 0.181. The zero-order chi connectivity index (χ0) is 25.2. The van der Waals surface area contributed by atoms with E-state index in [0.717, 1.165) is 39.8 Å². The molecule has 0 bridgehead atoms. The number of benzene rings is 1. The van der Waals surface area contributed by atoms with Crippen LogP contribution >= 0.6 is 0 Å². The molecule has 5 rings (SSSR count). The molecule has 0 atom stereocenters. The third-order valence-corrected chi connectivity index (χ3v) is 6.36. The summed E-state index contributed by atoms with van der Waals surface area (Å²) >= 11 is 0. The minimum Gasteiger partial charge on any atom is -0.450 e. The van der Waals surface area contributed by atoms with Gasteiger partial charge >= 0.3 is 0 Å². The highest BCUT2D eigenvalue weighted by Crippen LogP contribution is 2.35. The van der Waals surface area contributed by atoms with Crippen LogP contribution in [0.25, 0.3) is 27.7 Å². The summed E-state index contributed by atoms with van der Waals surface area (Å²) in [6.07, 6.45) is 8.51. The van der Waals surface area contributed by atoms with Crippen molar-refractivity contribution >= 4 is 28.4 Å². The van der Waals surface area contributed by atoms with Crippen LogP contribution in [0.4, 0.5) is 0 Å². The van der Waals surface area contributed by atoms with Crippen LogP contribution in [0.3, 0.4) is 0 Å². The molecule has 0 saturated carbocycles. The second-order valence-electron chi connectivity index (χ2n) is 9.19. The largest absolute Gasteiger partial charge is 0.450 e. The number of hydrogen-bond acceptors (Lipinski definition) is 6. The molecule has 0 N–H and O–H groups in total. The number of furan rings is 1. The lowest BCUT2D eigenvalue weighted by molar-refractivity contribution is -0.131. The van der Waals surface area contributed by atoms with Crippen molar-refractivity contribution in [2.75, 3.05) is 27.2 Å². The Labute approximate surface area is 209 Å². The van der Waals surface area contributed by atoms with E-state index < -0.39 is 0 Å². The summed E-state index contributed by atoms with van der Waals surface area (Å²) < 4.78 is 7.73. The maximum absolute atomic E-state index is 12.9. The Morgan fingerprint density at radius 3 is 2.72 bits per heavy atom. The molecule has 0 unspecified atom stereocenters. The van der Waals surface area contributed by atoms with E-state index in [0.29, 0.717) is 31.6 Å². The summed E-state index contributed by atoms with van der Waals surface area (Å²) in [7, 11) is 3.40. The number of aryl methyl sites for hydroxylation is 2. The molecule has 4 heterocycles. The van der Waals surface area contributed by atoms with E-state index in [2.05, 4.69) is 27.4 Å². The third kappa shape index (κ3) is 4.77. The van der Waals surface area contributed by atoms with E-state index >= 15 is 0 Å². The van der Waals surface area contributed by atoms with Crippen LogP contribution in [0.1, 0.15) is 34.7 Å². The number of hydrogen-bond donors (Lipinski definition) is 0. The molecule has 9 heteroatoms. The predicted molar refractivity (Wildman–Crippen MR) is 136 cm³/mol. The Balaban J connectivity index is 1.48. The summed E-state index contributed by atoms with van der Waals surface area (Å²) in [6.45, 7) is 3.65. The molecule has 1 aliphatic heterocycles. The number of aromatic nitrogens is 4. The summed E-state index contributed by atoms with van der Waals surface area (Å²) in [5.41, 5.74) is 5.40. The van der Waals surface area contributed by atoms with Gasteiger partial charge in [-0.2, -0.15) is 0 Å². The number of amides is 2. The van der Waals surface area contributed by atoms with Gasteiger partial charge in [0.25, 0.3) is 5.91 Å². The first-order chi connectivity index (χ1) is 17.4. The van der Waals surface area contributed by atoms with Crippen molar-refractivity contribution in [2.24, 2.45) is 0 Å². The molecule has 0 spiro atoms. The van der Waals surface area contributed by atoms with Crippen LogP contribution in [0.2, 0.25) is 0 Å². The van der Waals surface area contributed by atoms with Gasteiger partial charge in [0, 0.05) is 68.2 Å². The lowest BCUT2D eigenvalue weighted by Crippen LogP contribution is -2.35. The lowest BCUT2D eigenvalue weighted by Gasteiger charge is -2.28. The fraction of sp³-hybridized carbons (Fsp3) is 0.296. The number of nitrogens with zero attached hydrogens (tertiary/aromatic N) is 6. The zero-order valence-electron chi connectivity index (χ0n) is 20.6. The number of carbonyl (C=O) groups excluding carboxylic acids is 2. The minimum absolute atomic E-state index is 0.0855. The lowest BCUT2D eigenvalue weighted by atomic mass is 9.95. The molecule has 4 aromatic rings. The van der Waals surface area contributed by atoms with E-state index in [-0.39, 0.29) is 17.6 Å². The molecule has 0 saturated heterocycles. The molecule has 1 aromatic carbocycles. The van der Waals surface area contributed by atoms with Crippen LogP contribution in [0.15, 0.2) is 59.4 Å². The number of fused-ring (bicyclic) bond motifs is 1. The van der Waals surface area contributed by atoms with Crippen LogP contribution in [0, 0.1) is 6.92 Å². The van der Waals surface area contributed by atoms with Crippen molar-refractivity contribution in [3.05, 3.63) is 72.0 Å². The Kier molecular flexibility index (Phi) is 6.37. The van der Waals surface area contributed by atoms with Crippen LogP contribution in [-0.4, -0.2) is 68.8 Å². The van der Waals surface area contributed by atoms with Gasteiger partial charge in [0.05, 0.1) is 12.7 Å². The maximum atomic E-state index is 12.9. The van der Waals surface area contributed by atoms with E-state index in [1.165, 1.54) is 4.90 Å². The van der Waals surface area contributed by atoms with E-state index in [1.807, 2.05) is 36.2 Å². The number of pyridine rings is 1. The molecule has 0 fully saturated rings. The quantitative estimate of drug-likeness (QED) is 0.413. The standard InChI is InChI=1S/C27H28N6O3/c1-18-6-7-19(16-28-18)23-14-21(13-22-15-24(36-26(22)23)27(35)31(2)3)20-5-4-10-32(17-20)25(34)8-11-33-12-9-29-30-33/h5-7,9,12-16H,4,8,10-11,17H2,1-3H3. The van der Waals surface area contributed by atoms with Gasteiger partial charge in [-0.05, 0) is 48.7 Å². The number of rotatable bonds is 6. The topological polar surface area (TPSA) is 97.4 Å². The van der Waals surface area contributed by atoms with Crippen LogP contribution in [0.5, 0.6) is 0 Å². The van der Waals surface area contributed by atoms with Crippen molar-refractivity contribution in [3.63, 3.8) is 0 Å². The van der Waals surface area contributed by atoms with Crippen LogP contribution in [-0.2, 0) is 11.3 Å². The first-order valence-corrected chi connectivity index (χ1v) is 11.9. The molecule has 2 amide bonds. The molecule has 184 valence electrons. The highest BCUT2D eigenvalue weighted by Gasteiger charge is 2.22. The third-order valence-electron chi connectivity index (χ3n) is 6.36. The van der Waals surface area contributed by atoms with Crippen LogP contribution < -0.4 is 0 Å². The highest BCUT2D eigenvalue weighted by molar-refractivity contribution is 6.01. The van der Waals surface area contributed by atoms with Crippen molar-refractivity contribution < 1.29 is 14.0 Å². The molecular weight excluding hydrogens is 456 g/mol. The first kappa shape index (κ1) is 23.5. The molecule has 0 radical (unpaired) electrons. The minimum atomic E-state index is -0.193.